The molecule has 0 atom stereocenters. The fraction of sp³-hybridized carbons (Fsp3) is 0.250. The standard InChI is InChI=1S/C16H14F2N4O3S/c17-12(18)8-24-16-11(2-1-6-19-16)20-13(23)3-4-14-21-22-15(25-14)10-5-7-26-9-10/h1-2,5-7,9,12H,3-4,8H2,(H,20,23). The molecule has 0 fully saturated rings. The minimum atomic E-state index is -2.63. The van der Waals surface area contributed by atoms with Crippen molar-refractivity contribution in [1.29, 1.82) is 0 Å². The van der Waals surface area contributed by atoms with Gasteiger partial charge >= 0.3 is 0 Å². The minimum absolute atomic E-state index is 0.0568. The Bertz CT molecular complexity index is 855. The molecule has 1 amide bonds. The number of carbonyl (C=O) groups is 1. The summed E-state index contributed by atoms with van der Waals surface area (Å²) in [5.74, 6) is 0.326. The summed E-state index contributed by atoms with van der Waals surface area (Å²) in [6.07, 6.45) is -0.915. The van der Waals surface area contributed by atoms with E-state index in [9.17, 15) is 13.6 Å². The van der Waals surface area contributed by atoms with Crippen LogP contribution in [0.4, 0.5) is 14.5 Å². The number of thiophene rings is 1. The molecule has 3 aromatic heterocycles. The van der Waals surface area contributed by atoms with Crippen molar-refractivity contribution in [1.82, 2.24) is 15.2 Å². The fourth-order valence-electron chi connectivity index (χ4n) is 2.03. The van der Waals surface area contributed by atoms with E-state index in [1.54, 1.807) is 6.07 Å². The second-order valence-corrected chi connectivity index (χ2v) is 5.90. The van der Waals surface area contributed by atoms with Gasteiger partial charge in [0.2, 0.25) is 23.6 Å². The molecular formula is C16H14F2N4O3S. The zero-order valence-electron chi connectivity index (χ0n) is 13.4. The number of hydrogen-bond acceptors (Lipinski definition) is 7. The van der Waals surface area contributed by atoms with Gasteiger partial charge in [-0.15, -0.1) is 10.2 Å². The predicted molar refractivity (Wildman–Crippen MR) is 90.3 cm³/mol. The highest BCUT2D eigenvalue weighted by Gasteiger charge is 2.14. The molecule has 3 heterocycles. The van der Waals surface area contributed by atoms with Crippen LogP contribution >= 0.6 is 11.3 Å². The lowest BCUT2D eigenvalue weighted by molar-refractivity contribution is -0.116. The number of alkyl halides is 2. The van der Waals surface area contributed by atoms with Gasteiger partial charge in [0.1, 0.15) is 5.69 Å². The molecule has 136 valence electrons. The first-order valence-corrected chi connectivity index (χ1v) is 8.57. The molecule has 3 aromatic rings. The summed E-state index contributed by atoms with van der Waals surface area (Å²) in [6.45, 7) is -0.798. The van der Waals surface area contributed by atoms with Crippen LogP contribution in [0.25, 0.3) is 11.5 Å². The van der Waals surface area contributed by atoms with Crippen LogP contribution in [-0.4, -0.2) is 34.1 Å². The molecule has 3 rings (SSSR count). The van der Waals surface area contributed by atoms with Gasteiger partial charge in [-0.2, -0.15) is 11.3 Å². The van der Waals surface area contributed by atoms with Crippen molar-refractivity contribution in [3.8, 4) is 17.3 Å². The monoisotopic (exact) mass is 380 g/mol. The third kappa shape index (κ3) is 4.82. The maximum atomic E-state index is 12.3. The van der Waals surface area contributed by atoms with Gasteiger partial charge in [0.25, 0.3) is 6.43 Å². The molecule has 0 aliphatic carbocycles. The molecule has 0 aromatic carbocycles. The number of nitrogens with one attached hydrogen (secondary N) is 1. The Balaban J connectivity index is 1.55. The molecule has 1 N–H and O–H groups in total. The van der Waals surface area contributed by atoms with E-state index >= 15 is 0 Å². The summed E-state index contributed by atoms with van der Waals surface area (Å²) in [5.41, 5.74) is 1.05. The van der Waals surface area contributed by atoms with Crippen molar-refractivity contribution in [2.45, 2.75) is 19.3 Å². The van der Waals surface area contributed by atoms with Gasteiger partial charge in [-0.1, -0.05) is 0 Å². The zero-order chi connectivity index (χ0) is 18.4. The number of ether oxygens (including phenoxy) is 1. The van der Waals surface area contributed by atoms with E-state index in [0.717, 1.165) is 5.56 Å². The SMILES string of the molecule is O=C(CCc1nnc(-c2ccsc2)o1)Nc1cccnc1OCC(F)F. The molecule has 10 heteroatoms. The Morgan fingerprint density at radius 3 is 3.00 bits per heavy atom. The van der Waals surface area contributed by atoms with Crippen LogP contribution in [-0.2, 0) is 11.2 Å². The molecular weight excluding hydrogens is 366 g/mol. The van der Waals surface area contributed by atoms with Crippen LogP contribution < -0.4 is 10.1 Å². The van der Waals surface area contributed by atoms with Crippen LogP contribution in [0.3, 0.4) is 0 Å². The van der Waals surface area contributed by atoms with E-state index < -0.39 is 13.0 Å². The van der Waals surface area contributed by atoms with Crippen molar-refractivity contribution in [3.05, 3.63) is 41.0 Å². The molecule has 0 radical (unpaired) electrons. The molecule has 0 saturated carbocycles. The molecule has 0 bridgehead atoms. The zero-order valence-corrected chi connectivity index (χ0v) is 14.2. The minimum Gasteiger partial charge on any atom is -0.470 e. The number of aromatic nitrogens is 3. The van der Waals surface area contributed by atoms with Gasteiger partial charge in [0.15, 0.2) is 6.61 Å². The van der Waals surface area contributed by atoms with E-state index in [2.05, 4.69) is 20.5 Å². The maximum absolute atomic E-state index is 12.3. The summed E-state index contributed by atoms with van der Waals surface area (Å²) in [4.78, 5) is 15.9. The van der Waals surface area contributed by atoms with Crippen molar-refractivity contribution in [2.75, 3.05) is 11.9 Å². The highest BCUT2D eigenvalue weighted by atomic mass is 32.1. The van der Waals surface area contributed by atoms with Gasteiger partial charge in [0, 0.05) is 30.0 Å². The number of halogens is 2. The predicted octanol–water partition coefficient (Wildman–Crippen LogP) is 3.41. The number of carbonyl (C=O) groups excluding carboxylic acids is 1. The lowest BCUT2D eigenvalue weighted by Gasteiger charge is -2.10. The first-order chi connectivity index (χ1) is 12.6. The molecule has 7 nitrogen and oxygen atoms in total. The van der Waals surface area contributed by atoms with Crippen LogP contribution in [0.2, 0.25) is 0 Å². The molecule has 0 spiro atoms. The summed E-state index contributed by atoms with van der Waals surface area (Å²) in [5, 5.41) is 14.2. The first-order valence-electron chi connectivity index (χ1n) is 7.62. The second-order valence-electron chi connectivity index (χ2n) is 5.12. The third-order valence-corrected chi connectivity index (χ3v) is 3.88. The summed E-state index contributed by atoms with van der Waals surface area (Å²) in [7, 11) is 0. The molecule has 0 aliphatic heterocycles. The molecule has 0 saturated heterocycles. The van der Waals surface area contributed by atoms with Crippen LogP contribution in [0.15, 0.2) is 39.6 Å². The number of amides is 1. The highest BCUT2D eigenvalue weighted by molar-refractivity contribution is 7.08. The maximum Gasteiger partial charge on any atom is 0.272 e. The van der Waals surface area contributed by atoms with Gasteiger partial charge < -0.3 is 14.5 Å². The van der Waals surface area contributed by atoms with E-state index in [1.807, 2.05) is 16.8 Å². The van der Waals surface area contributed by atoms with E-state index in [1.165, 1.54) is 23.6 Å². The average molecular weight is 380 g/mol. The number of hydrogen-bond donors (Lipinski definition) is 1. The number of nitrogens with zero attached hydrogens (tertiary/aromatic N) is 3. The Hall–Kier alpha value is -2.88. The third-order valence-electron chi connectivity index (χ3n) is 3.19. The molecule has 26 heavy (non-hydrogen) atoms. The lowest BCUT2D eigenvalue weighted by atomic mass is 10.3. The van der Waals surface area contributed by atoms with Crippen LogP contribution in [0.5, 0.6) is 5.88 Å². The largest absolute Gasteiger partial charge is 0.470 e. The Labute approximate surface area is 151 Å². The quantitative estimate of drug-likeness (QED) is 0.644. The van der Waals surface area contributed by atoms with Crippen LogP contribution in [0.1, 0.15) is 12.3 Å². The van der Waals surface area contributed by atoms with E-state index in [-0.39, 0.29) is 30.3 Å². The number of rotatable bonds is 8. The van der Waals surface area contributed by atoms with Gasteiger partial charge in [-0.25, -0.2) is 13.8 Å². The van der Waals surface area contributed by atoms with Crippen molar-refractivity contribution >= 4 is 22.9 Å². The fourth-order valence-corrected chi connectivity index (χ4v) is 2.66. The highest BCUT2D eigenvalue weighted by Crippen LogP contribution is 2.22. The summed E-state index contributed by atoms with van der Waals surface area (Å²) >= 11 is 1.51. The van der Waals surface area contributed by atoms with Crippen molar-refractivity contribution < 1.29 is 22.7 Å². The molecule has 0 unspecified atom stereocenters. The summed E-state index contributed by atoms with van der Waals surface area (Å²) < 4.78 is 34.9. The molecule has 0 aliphatic rings. The van der Waals surface area contributed by atoms with Gasteiger partial charge in [-0.3, -0.25) is 4.79 Å². The number of anilines is 1. The lowest BCUT2D eigenvalue weighted by Crippen LogP contribution is -2.15. The van der Waals surface area contributed by atoms with Crippen LogP contribution in [0, 0.1) is 0 Å². The van der Waals surface area contributed by atoms with E-state index in [4.69, 9.17) is 9.15 Å². The van der Waals surface area contributed by atoms with Gasteiger partial charge in [0.05, 0.1) is 0 Å². The Morgan fingerprint density at radius 1 is 1.35 bits per heavy atom. The smallest absolute Gasteiger partial charge is 0.272 e. The Morgan fingerprint density at radius 2 is 2.23 bits per heavy atom. The summed E-state index contributed by atoms with van der Waals surface area (Å²) in [6, 6.07) is 4.95. The van der Waals surface area contributed by atoms with Crippen molar-refractivity contribution in [2.24, 2.45) is 0 Å². The van der Waals surface area contributed by atoms with Gasteiger partial charge in [-0.05, 0) is 23.6 Å². The van der Waals surface area contributed by atoms with E-state index in [0.29, 0.717) is 11.8 Å². The number of pyridine rings is 1. The second kappa shape index (κ2) is 8.48. The first kappa shape index (κ1) is 17.9. The van der Waals surface area contributed by atoms with Crippen molar-refractivity contribution in [3.63, 3.8) is 0 Å². The Kier molecular flexibility index (Phi) is 5.84. The number of aryl methyl sites for hydroxylation is 1. The normalized spacial score (nSPS) is 10.9. The average Bonchev–Trinajstić information content (AvgIpc) is 3.30. The topological polar surface area (TPSA) is 90.1 Å².